The van der Waals surface area contributed by atoms with E-state index in [4.69, 9.17) is 4.74 Å². The summed E-state index contributed by atoms with van der Waals surface area (Å²) in [6, 6.07) is 0. The number of carbonyl (C=O) groups is 1. The molecule has 1 aromatic heterocycles. The first-order chi connectivity index (χ1) is 7.06. The fourth-order valence-electron chi connectivity index (χ4n) is 1.28. The van der Waals surface area contributed by atoms with Gasteiger partial charge in [0.1, 0.15) is 0 Å². The average Bonchev–Trinajstić information content (AvgIpc) is 2.41. The highest BCUT2D eigenvalue weighted by atomic mass is 16.5. The van der Waals surface area contributed by atoms with Gasteiger partial charge in [0.15, 0.2) is 6.29 Å². The summed E-state index contributed by atoms with van der Waals surface area (Å²) in [5.41, 5.74) is 2.28. The molecule has 0 N–H and O–H groups in total. The molecular weight excluding hydrogens is 192 g/mol. The normalized spacial score (nSPS) is 10.1. The van der Waals surface area contributed by atoms with E-state index in [0.29, 0.717) is 23.7 Å². The summed E-state index contributed by atoms with van der Waals surface area (Å²) in [5.74, 6) is 0.531. The SMILES string of the molecule is C=C(C)CCOc1c(C=O)c(C)nn1C. The molecule has 0 saturated heterocycles. The zero-order valence-electron chi connectivity index (χ0n) is 9.41. The monoisotopic (exact) mass is 208 g/mol. The van der Waals surface area contributed by atoms with Gasteiger partial charge in [0.25, 0.3) is 0 Å². The van der Waals surface area contributed by atoms with E-state index in [1.807, 2.05) is 6.92 Å². The lowest BCUT2D eigenvalue weighted by Crippen LogP contribution is -2.04. The van der Waals surface area contributed by atoms with E-state index < -0.39 is 0 Å². The number of carbonyl (C=O) groups excluding carboxylic acids is 1. The molecule has 0 atom stereocenters. The van der Waals surface area contributed by atoms with Crippen LogP contribution >= 0.6 is 0 Å². The second-order valence-corrected chi connectivity index (χ2v) is 3.60. The summed E-state index contributed by atoms with van der Waals surface area (Å²) in [6.45, 7) is 8.04. The summed E-state index contributed by atoms with van der Waals surface area (Å²) in [4.78, 5) is 10.8. The molecule has 1 aromatic rings. The van der Waals surface area contributed by atoms with Crippen LogP contribution < -0.4 is 4.74 Å². The number of hydrogen-bond acceptors (Lipinski definition) is 3. The van der Waals surface area contributed by atoms with Crippen LogP contribution in [0.25, 0.3) is 0 Å². The van der Waals surface area contributed by atoms with Gasteiger partial charge in [0.05, 0.1) is 17.9 Å². The van der Waals surface area contributed by atoms with E-state index in [1.54, 1.807) is 18.7 Å². The molecule has 0 amide bonds. The number of rotatable bonds is 5. The maximum Gasteiger partial charge on any atom is 0.222 e. The summed E-state index contributed by atoms with van der Waals surface area (Å²) in [5, 5.41) is 4.12. The summed E-state index contributed by atoms with van der Waals surface area (Å²) >= 11 is 0. The van der Waals surface area contributed by atoms with Crippen LogP contribution in [0, 0.1) is 6.92 Å². The molecule has 0 saturated carbocycles. The van der Waals surface area contributed by atoms with Crippen molar-refractivity contribution in [1.29, 1.82) is 0 Å². The number of aldehydes is 1. The van der Waals surface area contributed by atoms with Crippen molar-refractivity contribution in [2.24, 2.45) is 7.05 Å². The Kier molecular flexibility index (Phi) is 3.66. The Morgan fingerprint density at radius 1 is 1.67 bits per heavy atom. The van der Waals surface area contributed by atoms with Gasteiger partial charge < -0.3 is 4.74 Å². The number of aryl methyl sites for hydroxylation is 2. The lowest BCUT2D eigenvalue weighted by atomic mass is 10.2. The van der Waals surface area contributed by atoms with E-state index in [0.717, 1.165) is 18.3 Å². The Bertz CT molecular complexity index is 380. The minimum absolute atomic E-state index is 0.523. The summed E-state index contributed by atoms with van der Waals surface area (Å²) < 4.78 is 7.08. The Morgan fingerprint density at radius 3 is 2.87 bits per heavy atom. The van der Waals surface area contributed by atoms with Gasteiger partial charge in [0.2, 0.25) is 5.88 Å². The number of aromatic nitrogens is 2. The van der Waals surface area contributed by atoms with Gasteiger partial charge in [0, 0.05) is 13.5 Å². The zero-order chi connectivity index (χ0) is 11.4. The first-order valence-corrected chi connectivity index (χ1v) is 4.82. The van der Waals surface area contributed by atoms with Gasteiger partial charge in [-0.1, -0.05) is 5.57 Å². The molecule has 0 aliphatic carbocycles. The van der Waals surface area contributed by atoms with Crippen molar-refractivity contribution in [2.45, 2.75) is 20.3 Å². The topological polar surface area (TPSA) is 44.1 Å². The van der Waals surface area contributed by atoms with E-state index in [1.165, 1.54) is 0 Å². The molecule has 82 valence electrons. The zero-order valence-corrected chi connectivity index (χ0v) is 9.41. The predicted molar refractivity (Wildman–Crippen MR) is 58.3 cm³/mol. The smallest absolute Gasteiger partial charge is 0.222 e. The molecule has 0 fully saturated rings. The third-order valence-electron chi connectivity index (χ3n) is 2.10. The van der Waals surface area contributed by atoms with Crippen LogP contribution in [0.4, 0.5) is 0 Å². The Hall–Kier alpha value is -1.58. The van der Waals surface area contributed by atoms with Crippen LogP contribution in [0.3, 0.4) is 0 Å². The van der Waals surface area contributed by atoms with Crippen molar-refractivity contribution in [1.82, 2.24) is 9.78 Å². The Morgan fingerprint density at radius 2 is 2.33 bits per heavy atom. The van der Waals surface area contributed by atoms with Gasteiger partial charge in [-0.3, -0.25) is 4.79 Å². The maximum absolute atomic E-state index is 10.8. The molecule has 1 heterocycles. The number of nitrogens with zero attached hydrogens (tertiary/aromatic N) is 2. The summed E-state index contributed by atoms with van der Waals surface area (Å²) in [6.07, 6.45) is 1.56. The van der Waals surface area contributed by atoms with Crippen LogP contribution in [-0.4, -0.2) is 22.7 Å². The molecule has 4 heteroatoms. The molecule has 0 aliphatic rings. The van der Waals surface area contributed by atoms with Crippen LogP contribution in [-0.2, 0) is 7.05 Å². The van der Waals surface area contributed by atoms with E-state index in [2.05, 4.69) is 11.7 Å². The van der Waals surface area contributed by atoms with Crippen molar-refractivity contribution in [3.63, 3.8) is 0 Å². The standard InChI is InChI=1S/C11H16N2O2/c1-8(2)5-6-15-11-10(7-14)9(3)12-13(11)4/h7H,1,5-6H2,2-4H3. The summed E-state index contributed by atoms with van der Waals surface area (Å²) in [7, 11) is 1.76. The molecule has 4 nitrogen and oxygen atoms in total. The van der Waals surface area contributed by atoms with Gasteiger partial charge >= 0.3 is 0 Å². The molecule has 15 heavy (non-hydrogen) atoms. The fraction of sp³-hybridized carbons (Fsp3) is 0.455. The fourth-order valence-corrected chi connectivity index (χ4v) is 1.28. The highest BCUT2D eigenvalue weighted by Gasteiger charge is 2.13. The minimum atomic E-state index is 0.523. The van der Waals surface area contributed by atoms with Crippen molar-refractivity contribution >= 4 is 6.29 Å². The second kappa shape index (κ2) is 4.77. The third-order valence-corrected chi connectivity index (χ3v) is 2.10. The molecule has 0 bridgehead atoms. The Labute approximate surface area is 89.5 Å². The van der Waals surface area contributed by atoms with Crippen LogP contribution in [0.15, 0.2) is 12.2 Å². The van der Waals surface area contributed by atoms with E-state index in [-0.39, 0.29) is 0 Å². The lowest BCUT2D eigenvalue weighted by molar-refractivity contribution is 0.111. The van der Waals surface area contributed by atoms with Crippen LogP contribution in [0.2, 0.25) is 0 Å². The largest absolute Gasteiger partial charge is 0.477 e. The molecule has 0 aromatic carbocycles. The van der Waals surface area contributed by atoms with Crippen LogP contribution in [0.5, 0.6) is 5.88 Å². The Balaban J connectivity index is 2.75. The highest BCUT2D eigenvalue weighted by Crippen LogP contribution is 2.19. The molecular formula is C11H16N2O2. The van der Waals surface area contributed by atoms with Crippen LogP contribution in [0.1, 0.15) is 29.4 Å². The van der Waals surface area contributed by atoms with Gasteiger partial charge in [-0.25, -0.2) is 4.68 Å². The maximum atomic E-state index is 10.8. The molecule has 0 radical (unpaired) electrons. The molecule has 0 unspecified atom stereocenters. The van der Waals surface area contributed by atoms with Crippen molar-refractivity contribution in [3.05, 3.63) is 23.4 Å². The van der Waals surface area contributed by atoms with E-state index >= 15 is 0 Å². The first kappa shape index (κ1) is 11.5. The highest BCUT2D eigenvalue weighted by molar-refractivity contribution is 5.80. The first-order valence-electron chi connectivity index (χ1n) is 4.82. The van der Waals surface area contributed by atoms with Crippen molar-refractivity contribution < 1.29 is 9.53 Å². The quantitative estimate of drug-likeness (QED) is 0.548. The minimum Gasteiger partial charge on any atom is -0.477 e. The lowest BCUT2D eigenvalue weighted by Gasteiger charge is -2.06. The predicted octanol–water partition coefficient (Wildman–Crippen LogP) is 1.89. The van der Waals surface area contributed by atoms with Gasteiger partial charge in [-0.15, -0.1) is 6.58 Å². The molecule has 1 rings (SSSR count). The van der Waals surface area contributed by atoms with Crippen molar-refractivity contribution in [2.75, 3.05) is 6.61 Å². The number of ether oxygens (including phenoxy) is 1. The van der Waals surface area contributed by atoms with Crippen molar-refractivity contribution in [3.8, 4) is 5.88 Å². The van der Waals surface area contributed by atoms with E-state index in [9.17, 15) is 4.79 Å². The van der Waals surface area contributed by atoms with Gasteiger partial charge in [-0.05, 0) is 13.8 Å². The average molecular weight is 208 g/mol. The number of hydrogen-bond donors (Lipinski definition) is 0. The molecule has 0 spiro atoms. The molecule has 0 aliphatic heterocycles. The van der Waals surface area contributed by atoms with Gasteiger partial charge in [-0.2, -0.15) is 5.10 Å². The second-order valence-electron chi connectivity index (χ2n) is 3.60. The third kappa shape index (κ3) is 2.68.